The quantitative estimate of drug-likeness (QED) is 0.386. The minimum Gasteiger partial charge on any atom is -0.356 e. The molecule has 2 unspecified atom stereocenters. The van der Waals surface area contributed by atoms with Crippen molar-refractivity contribution in [2.24, 2.45) is 9.98 Å². The molecular formula is C25H23N7. The number of imidazole rings is 1. The number of nitrogens with one attached hydrogen (secondary N) is 4. The number of fused-ring (bicyclic) bond motifs is 1. The van der Waals surface area contributed by atoms with Gasteiger partial charge in [0.2, 0.25) is 0 Å². The average molecular weight is 422 g/mol. The summed E-state index contributed by atoms with van der Waals surface area (Å²) in [5, 5.41) is 10.1. The number of aromatic amines is 1. The summed E-state index contributed by atoms with van der Waals surface area (Å²) in [6.07, 6.45) is 3.94. The van der Waals surface area contributed by atoms with E-state index in [0.717, 1.165) is 52.4 Å². The highest BCUT2D eigenvalue weighted by molar-refractivity contribution is 5.80. The Morgan fingerprint density at radius 3 is 2.00 bits per heavy atom. The van der Waals surface area contributed by atoms with Crippen molar-refractivity contribution in [2.45, 2.75) is 12.3 Å². The first kappa shape index (κ1) is 18.9. The molecule has 0 spiro atoms. The van der Waals surface area contributed by atoms with Gasteiger partial charge in [-0.05, 0) is 59.7 Å². The van der Waals surface area contributed by atoms with Gasteiger partial charge in [-0.25, -0.2) is 4.98 Å². The first-order valence-electron chi connectivity index (χ1n) is 10.8. The Morgan fingerprint density at radius 1 is 0.719 bits per heavy atom. The molecule has 0 aliphatic carbocycles. The summed E-state index contributed by atoms with van der Waals surface area (Å²) in [5.74, 6) is 0.862. The van der Waals surface area contributed by atoms with E-state index in [9.17, 15) is 0 Å². The van der Waals surface area contributed by atoms with Crippen LogP contribution in [0.4, 0.5) is 11.4 Å². The summed E-state index contributed by atoms with van der Waals surface area (Å²) in [5.41, 5.74) is 7.40. The Labute approximate surface area is 185 Å². The molecule has 0 amide bonds. The SMILES string of the molecule is C1=NC(c2ccc(Nc3ccc(-c4nc5ccc(C6N=CCN6)cc5[nH]4)cc3)cc2)NC1. The predicted molar refractivity (Wildman–Crippen MR) is 130 cm³/mol. The van der Waals surface area contributed by atoms with Crippen LogP contribution in [0.25, 0.3) is 22.4 Å². The first-order valence-corrected chi connectivity index (χ1v) is 10.8. The molecule has 0 saturated carbocycles. The summed E-state index contributed by atoms with van der Waals surface area (Å²) < 4.78 is 0. The second-order valence-electron chi connectivity index (χ2n) is 7.97. The van der Waals surface area contributed by atoms with Gasteiger partial charge in [-0.15, -0.1) is 0 Å². The normalized spacial score (nSPS) is 19.8. The topological polar surface area (TPSA) is 89.5 Å². The van der Waals surface area contributed by atoms with E-state index in [1.54, 1.807) is 0 Å². The van der Waals surface area contributed by atoms with Crippen LogP contribution in [0, 0.1) is 0 Å². The van der Waals surface area contributed by atoms with Gasteiger partial charge < -0.3 is 10.3 Å². The zero-order chi connectivity index (χ0) is 21.3. The maximum absolute atomic E-state index is 4.76. The second kappa shape index (κ2) is 8.03. The highest BCUT2D eigenvalue weighted by Crippen LogP contribution is 2.27. The molecule has 3 aromatic carbocycles. The highest BCUT2D eigenvalue weighted by Gasteiger charge is 2.14. The number of benzene rings is 3. The maximum atomic E-state index is 4.76. The largest absolute Gasteiger partial charge is 0.356 e. The van der Waals surface area contributed by atoms with E-state index in [1.807, 2.05) is 18.5 Å². The Balaban J connectivity index is 1.18. The fourth-order valence-corrected chi connectivity index (χ4v) is 4.12. The molecule has 3 heterocycles. The lowest BCUT2D eigenvalue weighted by molar-refractivity contribution is 0.643. The van der Waals surface area contributed by atoms with Crippen molar-refractivity contribution in [3.63, 3.8) is 0 Å². The van der Waals surface area contributed by atoms with Crippen molar-refractivity contribution in [2.75, 3.05) is 18.4 Å². The van der Waals surface area contributed by atoms with Crippen LogP contribution < -0.4 is 16.0 Å². The third-order valence-electron chi connectivity index (χ3n) is 5.81. The number of hydrogen-bond donors (Lipinski definition) is 4. The van der Waals surface area contributed by atoms with Gasteiger partial charge in [-0.2, -0.15) is 0 Å². The van der Waals surface area contributed by atoms with Crippen LogP contribution >= 0.6 is 0 Å². The van der Waals surface area contributed by atoms with Crippen LogP contribution in [-0.2, 0) is 0 Å². The average Bonchev–Trinajstić information content (AvgIpc) is 3.61. The lowest BCUT2D eigenvalue weighted by Crippen LogP contribution is -2.14. The molecule has 158 valence electrons. The molecule has 0 fully saturated rings. The summed E-state index contributed by atoms with van der Waals surface area (Å²) in [7, 11) is 0. The zero-order valence-electron chi connectivity index (χ0n) is 17.4. The minimum absolute atomic E-state index is 0.0349. The van der Waals surface area contributed by atoms with Crippen molar-refractivity contribution in [3.8, 4) is 11.4 Å². The molecular weight excluding hydrogens is 398 g/mol. The van der Waals surface area contributed by atoms with Crippen molar-refractivity contribution in [3.05, 3.63) is 77.9 Å². The molecule has 0 saturated heterocycles. The van der Waals surface area contributed by atoms with Gasteiger partial charge in [0.1, 0.15) is 18.2 Å². The number of hydrogen-bond acceptors (Lipinski definition) is 6. The lowest BCUT2D eigenvalue weighted by atomic mass is 10.1. The third-order valence-corrected chi connectivity index (χ3v) is 5.81. The number of nitrogens with zero attached hydrogens (tertiary/aromatic N) is 3. The van der Waals surface area contributed by atoms with Crippen LogP contribution in [0.2, 0.25) is 0 Å². The smallest absolute Gasteiger partial charge is 0.138 e. The Kier molecular flexibility index (Phi) is 4.75. The van der Waals surface area contributed by atoms with Gasteiger partial charge in [0.15, 0.2) is 0 Å². The van der Waals surface area contributed by atoms with E-state index in [-0.39, 0.29) is 12.3 Å². The first-order chi connectivity index (χ1) is 15.8. The summed E-state index contributed by atoms with van der Waals surface area (Å²) >= 11 is 0. The van der Waals surface area contributed by atoms with Crippen LogP contribution in [0.3, 0.4) is 0 Å². The van der Waals surface area contributed by atoms with Crippen LogP contribution in [0.1, 0.15) is 23.5 Å². The molecule has 4 N–H and O–H groups in total. The number of anilines is 2. The minimum atomic E-state index is 0.0349. The maximum Gasteiger partial charge on any atom is 0.138 e. The lowest BCUT2D eigenvalue weighted by Gasteiger charge is -2.11. The highest BCUT2D eigenvalue weighted by atomic mass is 15.1. The van der Waals surface area contributed by atoms with Crippen molar-refractivity contribution < 1.29 is 0 Å². The number of aromatic nitrogens is 2. The molecule has 32 heavy (non-hydrogen) atoms. The van der Waals surface area contributed by atoms with Gasteiger partial charge in [0.25, 0.3) is 0 Å². The molecule has 0 bridgehead atoms. The molecule has 2 atom stereocenters. The molecule has 2 aliphatic heterocycles. The molecule has 2 aliphatic rings. The number of rotatable bonds is 5. The Bertz CT molecular complexity index is 1300. The Morgan fingerprint density at radius 2 is 1.34 bits per heavy atom. The molecule has 6 rings (SSSR count). The monoisotopic (exact) mass is 421 g/mol. The van der Waals surface area contributed by atoms with Crippen LogP contribution in [0.15, 0.2) is 76.7 Å². The second-order valence-corrected chi connectivity index (χ2v) is 7.97. The predicted octanol–water partition coefficient (Wildman–Crippen LogP) is 4.32. The van der Waals surface area contributed by atoms with E-state index < -0.39 is 0 Å². The van der Waals surface area contributed by atoms with E-state index in [4.69, 9.17) is 4.98 Å². The fourth-order valence-electron chi connectivity index (χ4n) is 4.12. The number of H-pyrrole nitrogens is 1. The summed E-state index contributed by atoms with van der Waals surface area (Å²) in [6, 6.07) is 22.9. The fraction of sp³-hybridized carbons (Fsp3) is 0.160. The van der Waals surface area contributed by atoms with Gasteiger partial charge >= 0.3 is 0 Å². The van der Waals surface area contributed by atoms with Gasteiger partial charge in [0, 0.05) is 42.5 Å². The van der Waals surface area contributed by atoms with Gasteiger partial charge in [-0.1, -0.05) is 18.2 Å². The molecule has 7 nitrogen and oxygen atoms in total. The van der Waals surface area contributed by atoms with Gasteiger partial charge in [-0.3, -0.25) is 20.6 Å². The van der Waals surface area contributed by atoms with Crippen molar-refractivity contribution in [1.82, 2.24) is 20.6 Å². The van der Waals surface area contributed by atoms with Gasteiger partial charge in [0.05, 0.1) is 11.0 Å². The van der Waals surface area contributed by atoms with Crippen LogP contribution in [-0.4, -0.2) is 35.5 Å². The zero-order valence-corrected chi connectivity index (χ0v) is 17.4. The summed E-state index contributed by atoms with van der Waals surface area (Å²) in [6.45, 7) is 1.64. The standard InChI is InChI=1S/C25H23N7/c1-6-19(7-2-16(1)23-26-11-12-27-23)30-20-8-3-17(4-9-20)25-31-21-10-5-18(15-22(21)32-25)24-28-13-14-29-24/h1-11,13,15,23-24,27,29-30H,12,14H2,(H,31,32). The third kappa shape index (κ3) is 3.68. The van der Waals surface area contributed by atoms with Crippen molar-refractivity contribution in [1.29, 1.82) is 0 Å². The number of aliphatic imine (C=N–C) groups is 2. The van der Waals surface area contributed by atoms with E-state index in [0.29, 0.717) is 0 Å². The van der Waals surface area contributed by atoms with E-state index in [2.05, 4.69) is 91.6 Å². The van der Waals surface area contributed by atoms with E-state index >= 15 is 0 Å². The van der Waals surface area contributed by atoms with Crippen molar-refractivity contribution >= 4 is 34.8 Å². The molecule has 4 aromatic rings. The molecule has 1 aromatic heterocycles. The summed E-state index contributed by atoms with van der Waals surface area (Å²) in [4.78, 5) is 17.1. The molecule has 0 radical (unpaired) electrons. The molecule has 7 heteroatoms. The van der Waals surface area contributed by atoms with Crippen LogP contribution in [0.5, 0.6) is 0 Å². The Hall–Kier alpha value is -3.81. The van der Waals surface area contributed by atoms with E-state index in [1.165, 1.54) is 5.56 Å².